The quantitative estimate of drug-likeness (QED) is 0.541. The molecule has 4 heterocycles. The fraction of sp³-hybridized carbons (Fsp3) is 0.267. The molecular formula is C15H12N6S. The van der Waals surface area contributed by atoms with Gasteiger partial charge in [0.1, 0.15) is 16.9 Å². The van der Waals surface area contributed by atoms with E-state index in [9.17, 15) is 0 Å². The molecule has 0 amide bonds. The van der Waals surface area contributed by atoms with E-state index in [1.807, 2.05) is 0 Å². The van der Waals surface area contributed by atoms with Crippen LogP contribution in [-0.2, 0) is 12.8 Å². The van der Waals surface area contributed by atoms with E-state index in [4.69, 9.17) is 4.98 Å². The molecule has 0 fully saturated rings. The summed E-state index contributed by atoms with van der Waals surface area (Å²) in [7, 11) is 0. The predicted octanol–water partition coefficient (Wildman–Crippen LogP) is 2.67. The maximum Gasteiger partial charge on any atom is 0.202 e. The van der Waals surface area contributed by atoms with Crippen LogP contribution in [0.3, 0.4) is 0 Å². The third-order valence-electron chi connectivity index (χ3n) is 4.08. The average molecular weight is 308 g/mol. The molecule has 0 spiro atoms. The van der Waals surface area contributed by atoms with Gasteiger partial charge in [-0.25, -0.2) is 19.5 Å². The van der Waals surface area contributed by atoms with Crippen LogP contribution in [0.1, 0.15) is 23.3 Å². The number of hydrogen-bond acceptors (Lipinski definition) is 6. The summed E-state index contributed by atoms with van der Waals surface area (Å²) in [5, 5.41) is 5.68. The van der Waals surface area contributed by atoms with Crippen LogP contribution in [0, 0.1) is 0 Å². The van der Waals surface area contributed by atoms with Gasteiger partial charge in [-0.05, 0) is 31.2 Å². The van der Waals surface area contributed by atoms with Crippen molar-refractivity contribution in [2.24, 2.45) is 0 Å². The van der Waals surface area contributed by atoms with Crippen molar-refractivity contribution in [1.82, 2.24) is 29.5 Å². The van der Waals surface area contributed by atoms with Gasteiger partial charge in [0, 0.05) is 17.3 Å². The fourth-order valence-electron chi connectivity index (χ4n) is 3.08. The molecule has 6 nitrogen and oxygen atoms in total. The Morgan fingerprint density at radius 2 is 2.05 bits per heavy atom. The zero-order chi connectivity index (χ0) is 14.5. The monoisotopic (exact) mass is 308 g/mol. The van der Waals surface area contributed by atoms with E-state index in [0.29, 0.717) is 11.5 Å². The first kappa shape index (κ1) is 12.2. The van der Waals surface area contributed by atoms with Gasteiger partial charge in [-0.15, -0.1) is 16.4 Å². The average Bonchev–Trinajstić information content (AvgIpc) is 3.16. The molecule has 0 bridgehead atoms. The summed E-state index contributed by atoms with van der Waals surface area (Å²) in [6, 6.07) is 0. The van der Waals surface area contributed by atoms with Gasteiger partial charge in [-0.2, -0.15) is 0 Å². The number of aromatic nitrogens is 6. The van der Waals surface area contributed by atoms with E-state index in [0.717, 1.165) is 23.3 Å². The van der Waals surface area contributed by atoms with Crippen molar-refractivity contribution >= 4 is 27.2 Å². The van der Waals surface area contributed by atoms with E-state index >= 15 is 0 Å². The zero-order valence-corrected chi connectivity index (χ0v) is 12.5. The topological polar surface area (TPSA) is 68.9 Å². The molecule has 0 aromatic carbocycles. The fourth-order valence-corrected chi connectivity index (χ4v) is 4.30. The smallest absolute Gasteiger partial charge is 0.202 e. The molecule has 1 aliphatic rings. The first-order chi connectivity index (χ1) is 10.9. The van der Waals surface area contributed by atoms with Crippen LogP contribution in [0.4, 0.5) is 0 Å². The summed E-state index contributed by atoms with van der Waals surface area (Å²) in [4.78, 5) is 20.2. The summed E-state index contributed by atoms with van der Waals surface area (Å²) in [6.45, 7) is 0. The predicted molar refractivity (Wildman–Crippen MR) is 83.8 cm³/mol. The zero-order valence-electron chi connectivity index (χ0n) is 11.7. The molecule has 5 rings (SSSR count). The minimum Gasteiger partial charge on any atom is -0.261 e. The second kappa shape index (κ2) is 4.54. The Labute approximate surface area is 129 Å². The van der Waals surface area contributed by atoms with Gasteiger partial charge >= 0.3 is 0 Å². The lowest BCUT2D eigenvalue weighted by Gasteiger charge is -2.09. The minimum absolute atomic E-state index is 0.596. The van der Waals surface area contributed by atoms with Gasteiger partial charge in [0.2, 0.25) is 5.82 Å². The van der Waals surface area contributed by atoms with E-state index in [1.54, 1.807) is 40.8 Å². The number of rotatable bonds is 1. The van der Waals surface area contributed by atoms with Crippen LogP contribution in [0.2, 0.25) is 0 Å². The van der Waals surface area contributed by atoms with Crippen molar-refractivity contribution in [3.05, 3.63) is 35.4 Å². The Kier molecular flexibility index (Phi) is 2.51. The molecule has 7 heteroatoms. The van der Waals surface area contributed by atoms with Crippen LogP contribution in [0.25, 0.3) is 27.4 Å². The molecule has 0 N–H and O–H groups in total. The highest BCUT2D eigenvalue weighted by Crippen LogP contribution is 2.37. The lowest BCUT2D eigenvalue weighted by Crippen LogP contribution is -1.99. The summed E-state index contributed by atoms with van der Waals surface area (Å²) in [5.74, 6) is 0.596. The first-order valence-electron chi connectivity index (χ1n) is 7.32. The molecule has 4 aromatic heterocycles. The van der Waals surface area contributed by atoms with Gasteiger partial charge in [0.25, 0.3) is 0 Å². The maximum atomic E-state index is 4.71. The molecule has 1 aliphatic carbocycles. The van der Waals surface area contributed by atoms with Crippen molar-refractivity contribution < 1.29 is 0 Å². The molecular weight excluding hydrogens is 296 g/mol. The van der Waals surface area contributed by atoms with E-state index in [1.165, 1.54) is 28.7 Å². The number of aryl methyl sites for hydroxylation is 2. The minimum atomic E-state index is 0.596. The summed E-state index contributed by atoms with van der Waals surface area (Å²) >= 11 is 1.80. The standard InChI is InChI=1S/C15H12N6S/c1-2-4-11-9(3-1)12-14-19-13(10-7-16-5-6-17-10)20-21(14)8-18-15(12)22-11/h5-8H,1-4H2. The van der Waals surface area contributed by atoms with Crippen LogP contribution >= 0.6 is 11.3 Å². The molecule has 22 heavy (non-hydrogen) atoms. The first-order valence-corrected chi connectivity index (χ1v) is 8.14. The Balaban J connectivity index is 1.81. The molecule has 0 saturated heterocycles. The molecule has 0 saturated carbocycles. The Morgan fingerprint density at radius 3 is 2.95 bits per heavy atom. The van der Waals surface area contributed by atoms with Gasteiger partial charge in [-0.1, -0.05) is 0 Å². The van der Waals surface area contributed by atoms with Crippen LogP contribution < -0.4 is 0 Å². The van der Waals surface area contributed by atoms with Crippen molar-refractivity contribution in [3.63, 3.8) is 0 Å². The Bertz CT molecular complexity index is 988. The summed E-state index contributed by atoms with van der Waals surface area (Å²) in [6.07, 6.45) is 11.5. The Morgan fingerprint density at radius 1 is 1.09 bits per heavy atom. The highest BCUT2D eigenvalue weighted by Gasteiger charge is 2.21. The van der Waals surface area contributed by atoms with Gasteiger partial charge < -0.3 is 0 Å². The van der Waals surface area contributed by atoms with Crippen molar-refractivity contribution in [2.45, 2.75) is 25.7 Å². The van der Waals surface area contributed by atoms with E-state index < -0.39 is 0 Å². The highest BCUT2D eigenvalue weighted by atomic mass is 32.1. The highest BCUT2D eigenvalue weighted by molar-refractivity contribution is 7.19. The number of fused-ring (bicyclic) bond motifs is 5. The van der Waals surface area contributed by atoms with Gasteiger partial charge in [0.15, 0.2) is 5.65 Å². The lowest BCUT2D eigenvalue weighted by atomic mass is 9.97. The largest absolute Gasteiger partial charge is 0.261 e. The third kappa shape index (κ3) is 1.69. The second-order valence-corrected chi connectivity index (χ2v) is 6.51. The molecule has 4 aromatic rings. The van der Waals surface area contributed by atoms with E-state index in [-0.39, 0.29) is 0 Å². The van der Waals surface area contributed by atoms with Gasteiger partial charge in [0.05, 0.1) is 11.6 Å². The van der Waals surface area contributed by atoms with Crippen molar-refractivity contribution in [2.75, 3.05) is 0 Å². The SMILES string of the molecule is c1cnc(-c2nc3c4c5c(sc4ncn3n2)CCCC5)cn1. The lowest BCUT2D eigenvalue weighted by molar-refractivity contribution is 0.700. The number of nitrogens with zero attached hydrogens (tertiary/aromatic N) is 6. The molecule has 0 aliphatic heterocycles. The Hall–Kier alpha value is -2.41. The number of hydrogen-bond donors (Lipinski definition) is 0. The second-order valence-electron chi connectivity index (χ2n) is 5.43. The molecule has 0 atom stereocenters. The van der Waals surface area contributed by atoms with Gasteiger partial charge in [-0.3, -0.25) is 4.98 Å². The molecule has 0 unspecified atom stereocenters. The van der Waals surface area contributed by atoms with Crippen molar-refractivity contribution in [3.8, 4) is 11.5 Å². The maximum absolute atomic E-state index is 4.71. The van der Waals surface area contributed by atoms with Crippen LogP contribution in [0.15, 0.2) is 24.9 Å². The normalized spacial score (nSPS) is 14.5. The van der Waals surface area contributed by atoms with Crippen LogP contribution in [0.5, 0.6) is 0 Å². The molecule has 108 valence electrons. The summed E-state index contributed by atoms with van der Waals surface area (Å²) in [5.41, 5.74) is 2.98. The summed E-state index contributed by atoms with van der Waals surface area (Å²) < 4.78 is 1.76. The van der Waals surface area contributed by atoms with E-state index in [2.05, 4.69) is 20.1 Å². The number of thiophene rings is 1. The third-order valence-corrected chi connectivity index (χ3v) is 5.28. The van der Waals surface area contributed by atoms with Crippen LogP contribution in [-0.4, -0.2) is 29.5 Å². The van der Waals surface area contributed by atoms with Crippen molar-refractivity contribution in [1.29, 1.82) is 0 Å². The molecule has 0 radical (unpaired) electrons.